The highest BCUT2D eigenvalue weighted by Gasteiger charge is 2.17. The van der Waals surface area contributed by atoms with Crippen molar-refractivity contribution >= 4 is 27.3 Å². The van der Waals surface area contributed by atoms with Crippen LogP contribution >= 0.6 is 11.6 Å². The Morgan fingerprint density at radius 2 is 1.67 bits per heavy atom. The summed E-state index contributed by atoms with van der Waals surface area (Å²) in [7, 11) is -3.62. The van der Waals surface area contributed by atoms with E-state index in [1.807, 2.05) is 12.1 Å². The van der Waals surface area contributed by atoms with E-state index in [2.05, 4.69) is 30.5 Å². The molecule has 2 aromatic rings. The van der Waals surface area contributed by atoms with Crippen LogP contribution in [-0.2, 0) is 15.4 Å². The highest BCUT2D eigenvalue weighted by Crippen LogP contribution is 2.24. The number of anilines is 1. The quantitative estimate of drug-likeness (QED) is 0.873. The zero-order chi connectivity index (χ0) is 15.7. The normalized spacial score (nSPS) is 12.2. The number of sulfonamides is 1. The fourth-order valence-corrected chi connectivity index (χ4v) is 2.94. The van der Waals surface area contributed by atoms with Crippen LogP contribution in [-0.4, -0.2) is 13.4 Å². The molecule has 0 saturated heterocycles. The van der Waals surface area contributed by atoms with E-state index in [9.17, 15) is 8.42 Å². The van der Waals surface area contributed by atoms with Crippen LogP contribution in [0.25, 0.3) is 0 Å². The molecule has 0 amide bonds. The number of pyridine rings is 1. The van der Waals surface area contributed by atoms with Crippen LogP contribution in [0.1, 0.15) is 26.3 Å². The minimum absolute atomic E-state index is 0.0180. The van der Waals surface area contributed by atoms with Crippen molar-refractivity contribution < 1.29 is 8.42 Å². The highest BCUT2D eigenvalue weighted by atomic mass is 35.5. The van der Waals surface area contributed by atoms with Crippen molar-refractivity contribution in [1.29, 1.82) is 0 Å². The summed E-state index contributed by atoms with van der Waals surface area (Å²) in [6.07, 6.45) is 1.38. The van der Waals surface area contributed by atoms with Gasteiger partial charge in [-0.05, 0) is 35.2 Å². The van der Waals surface area contributed by atoms with E-state index in [1.54, 1.807) is 18.2 Å². The smallest absolute Gasteiger partial charge is 0.261 e. The average molecular weight is 325 g/mol. The Balaban J connectivity index is 2.25. The van der Waals surface area contributed by atoms with Gasteiger partial charge in [0.05, 0.1) is 16.8 Å². The lowest BCUT2D eigenvalue weighted by atomic mass is 9.87. The predicted molar refractivity (Wildman–Crippen MR) is 85.2 cm³/mol. The fourth-order valence-electron chi connectivity index (χ4n) is 1.78. The molecule has 2 rings (SSSR count). The van der Waals surface area contributed by atoms with E-state index in [0.717, 1.165) is 5.56 Å². The van der Waals surface area contributed by atoms with Crippen LogP contribution < -0.4 is 4.72 Å². The summed E-state index contributed by atoms with van der Waals surface area (Å²) in [6, 6.07) is 9.96. The van der Waals surface area contributed by atoms with Crippen molar-refractivity contribution in [2.75, 3.05) is 4.72 Å². The Morgan fingerprint density at radius 1 is 1.05 bits per heavy atom. The molecule has 1 aromatic carbocycles. The van der Waals surface area contributed by atoms with Gasteiger partial charge in [-0.15, -0.1) is 0 Å². The lowest BCUT2D eigenvalue weighted by molar-refractivity contribution is 0.587. The molecule has 0 saturated carbocycles. The second-order valence-electron chi connectivity index (χ2n) is 5.75. The maximum Gasteiger partial charge on any atom is 0.261 e. The standard InChI is InChI=1S/C15H17ClN2O2S/c1-15(2,3)11-4-7-13(8-5-11)21(19,20)18-12-6-9-14(16)17-10-12/h4-10,18H,1-3H3. The first-order valence-corrected chi connectivity index (χ1v) is 8.29. The SMILES string of the molecule is CC(C)(C)c1ccc(S(=O)(=O)Nc2ccc(Cl)nc2)cc1. The second-order valence-corrected chi connectivity index (χ2v) is 7.82. The molecular formula is C15H17ClN2O2S. The maximum absolute atomic E-state index is 12.3. The van der Waals surface area contributed by atoms with Gasteiger partial charge < -0.3 is 0 Å². The largest absolute Gasteiger partial charge is 0.278 e. The number of rotatable bonds is 3. The molecule has 0 fully saturated rings. The minimum Gasteiger partial charge on any atom is -0.278 e. The van der Waals surface area contributed by atoms with Crippen molar-refractivity contribution in [3.63, 3.8) is 0 Å². The van der Waals surface area contributed by atoms with Gasteiger partial charge in [0.2, 0.25) is 0 Å². The number of hydrogen-bond acceptors (Lipinski definition) is 3. The van der Waals surface area contributed by atoms with Crippen LogP contribution in [0.3, 0.4) is 0 Å². The van der Waals surface area contributed by atoms with Gasteiger partial charge in [-0.2, -0.15) is 0 Å². The predicted octanol–water partition coefficient (Wildman–Crippen LogP) is 3.83. The molecule has 1 N–H and O–H groups in total. The monoisotopic (exact) mass is 324 g/mol. The van der Waals surface area contributed by atoms with Gasteiger partial charge >= 0.3 is 0 Å². The number of nitrogens with zero attached hydrogens (tertiary/aromatic N) is 1. The van der Waals surface area contributed by atoms with Gasteiger partial charge in [0.25, 0.3) is 10.0 Å². The molecule has 0 radical (unpaired) electrons. The van der Waals surface area contributed by atoms with E-state index >= 15 is 0 Å². The fraction of sp³-hybridized carbons (Fsp3) is 0.267. The van der Waals surface area contributed by atoms with E-state index in [0.29, 0.717) is 10.8 Å². The van der Waals surface area contributed by atoms with Gasteiger partial charge in [0.1, 0.15) is 5.15 Å². The molecule has 0 atom stereocenters. The zero-order valence-electron chi connectivity index (χ0n) is 12.1. The zero-order valence-corrected chi connectivity index (χ0v) is 13.7. The van der Waals surface area contributed by atoms with Gasteiger partial charge in [-0.3, -0.25) is 4.72 Å². The number of nitrogens with one attached hydrogen (secondary N) is 1. The highest BCUT2D eigenvalue weighted by molar-refractivity contribution is 7.92. The second kappa shape index (κ2) is 5.66. The summed E-state index contributed by atoms with van der Waals surface area (Å²) in [4.78, 5) is 4.06. The molecule has 0 bridgehead atoms. The Hall–Kier alpha value is -1.59. The first-order valence-electron chi connectivity index (χ1n) is 6.43. The van der Waals surface area contributed by atoms with E-state index < -0.39 is 10.0 Å². The number of benzene rings is 1. The Kier molecular flexibility index (Phi) is 4.25. The summed E-state index contributed by atoms with van der Waals surface area (Å²) < 4.78 is 27.0. The van der Waals surface area contributed by atoms with Gasteiger partial charge in [0, 0.05) is 0 Å². The number of aromatic nitrogens is 1. The molecule has 112 valence electrons. The van der Waals surface area contributed by atoms with E-state index in [4.69, 9.17) is 11.6 Å². The van der Waals surface area contributed by atoms with Crippen molar-refractivity contribution in [2.24, 2.45) is 0 Å². The number of hydrogen-bond donors (Lipinski definition) is 1. The van der Waals surface area contributed by atoms with Crippen LogP contribution in [0.15, 0.2) is 47.5 Å². The molecule has 0 unspecified atom stereocenters. The molecular weight excluding hydrogens is 308 g/mol. The van der Waals surface area contributed by atoms with Gasteiger partial charge in [0.15, 0.2) is 0 Å². The van der Waals surface area contributed by atoms with Crippen molar-refractivity contribution in [3.8, 4) is 0 Å². The lowest BCUT2D eigenvalue weighted by Gasteiger charge is -2.19. The molecule has 21 heavy (non-hydrogen) atoms. The van der Waals surface area contributed by atoms with Crippen LogP contribution in [0, 0.1) is 0 Å². The Labute approximate surface area is 130 Å². The number of halogens is 1. The van der Waals surface area contributed by atoms with Crippen LogP contribution in [0.4, 0.5) is 5.69 Å². The third-order valence-electron chi connectivity index (χ3n) is 3.01. The molecule has 1 aromatic heterocycles. The van der Waals surface area contributed by atoms with Crippen LogP contribution in [0.5, 0.6) is 0 Å². The van der Waals surface area contributed by atoms with Crippen molar-refractivity contribution in [1.82, 2.24) is 4.98 Å². The molecule has 0 aliphatic heterocycles. The van der Waals surface area contributed by atoms with Gasteiger partial charge in [-0.25, -0.2) is 13.4 Å². The first kappa shape index (κ1) is 15.8. The summed E-state index contributed by atoms with van der Waals surface area (Å²) in [5.74, 6) is 0. The maximum atomic E-state index is 12.3. The molecule has 6 heteroatoms. The third kappa shape index (κ3) is 3.95. The lowest BCUT2D eigenvalue weighted by Crippen LogP contribution is -2.15. The van der Waals surface area contributed by atoms with E-state index in [-0.39, 0.29) is 10.3 Å². The molecule has 1 heterocycles. The third-order valence-corrected chi connectivity index (χ3v) is 4.63. The average Bonchev–Trinajstić information content (AvgIpc) is 2.40. The van der Waals surface area contributed by atoms with Crippen molar-refractivity contribution in [3.05, 3.63) is 53.3 Å². The Bertz CT molecular complexity index is 718. The summed E-state index contributed by atoms with van der Waals surface area (Å²) in [5.41, 5.74) is 1.43. The summed E-state index contributed by atoms with van der Waals surface area (Å²) >= 11 is 5.67. The van der Waals surface area contributed by atoms with Gasteiger partial charge in [-0.1, -0.05) is 44.5 Å². The van der Waals surface area contributed by atoms with Crippen LogP contribution in [0.2, 0.25) is 5.15 Å². The first-order chi connectivity index (χ1) is 9.68. The van der Waals surface area contributed by atoms with E-state index in [1.165, 1.54) is 12.3 Å². The topological polar surface area (TPSA) is 59.1 Å². The summed E-state index contributed by atoms with van der Waals surface area (Å²) in [6.45, 7) is 6.23. The molecule has 0 aliphatic rings. The molecule has 0 aliphatic carbocycles. The van der Waals surface area contributed by atoms with Crippen molar-refractivity contribution in [2.45, 2.75) is 31.1 Å². The minimum atomic E-state index is -3.62. The Morgan fingerprint density at radius 3 is 2.14 bits per heavy atom. The molecule has 0 spiro atoms. The summed E-state index contributed by atoms with van der Waals surface area (Å²) in [5, 5.41) is 0.312. The molecule has 4 nitrogen and oxygen atoms in total.